The normalized spacial score (nSPS) is 14.1. The van der Waals surface area contributed by atoms with E-state index in [4.69, 9.17) is 10.1 Å². The Kier molecular flexibility index (Phi) is 6.88. The van der Waals surface area contributed by atoms with E-state index in [9.17, 15) is 19.2 Å². The Morgan fingerprint density at radius 1 is 1.26 bits per heavy atom. The van der Waals surface area contributed by atoms with E-state index in [-0.39, 0.29) is 37.4 Å². The van der Waals surface area contributed by atoms with Crippen molar-refractivity contribution >= 4 is 34.8 Å². The Morgan fingerprint density at radius 3 is 2.61 bits per heavy atom. The van der Waals surface area contributed by atoms with E-state index in [0.717, 1.165) is 18.4 Å². The van der Waals surface area contributed by atoms with Crippen molar-refractivity contribution in [3.05, 3.63) is 29.6 Å². The largest absolute Gasteiger partial charge is 0.481 e. The Bertz CT molecular complexity index is 1010. The number of rotatable bonds is 10. The molecule has 0 saturated heterocycles. The predicted molar refractivity (Wildman–Crippen MR) is 110 cm³/mol. The first-order valence-electron chi connectivity index (χ1n) is 10.2. The number of aliphatic carboxylic acids is 1. The summed E-state index contributed by atoms with van der Waals surface area (Å²) >= 11 is 0. The van der Waals surface area contributed by atoms with Gasteiger partial charge < -0.3 is 25.0 Å². The van der Waals surface area contributed by atoms with Crippen LogP contribution in [0.2, 0.25) is 0 Å². The van der Waals surface area contributed by atoms with Crippen LogP contribution in [-0.4, -0.2) is 52.1 Å². The highest BCUT2D eigenvalue weighted by molar-refractivity contribution is 5.98. The molecule has 3 N–H and O–H groups in total. The van der Waals surface area contributed by atoms with Crippen LogP contribution >= 0.6 is 0 Å². The van der Waals surface area contributed by atoms with Gasteiger partial charge in [0.2, 0.25) is 5.91 Å². The van der Waals surface area contributed by atoms with E-state index in [1.807, 2.05) is 13.0 Å². The highest BCUT2D eigenvalue weighted by atomic mass is 16.5. The molecule has 1 aliphatic carbocycles. The Labute approximate surface area is 179 Å². The predicted octanol–water partition coefficient (Wildman–Crippen LogP) is 1.71. The SMILES string of the molecule is CCC(NC(=O)CCC(=O)O)c1nc2cc(C(=O)NCC(=O)OC)ccc2n1C1CC1. The smallest absolute Gasteiger partial charge is 0.325 e. The summed E-state index contributed by atoms with van der Waals surface area (Å²) in [4.78, 5) is 51.2. The van der Waals surface area contributed by atoms with Gasteiger partial charge in [-0.25, -0.2) is 4.98 Å². The van der Waals surface area contributed by atoms with Gasteiger partial charge >= 0.3 is 11.9 Å². The number of aromatic nitrogens is 2. The fourth-order valence-electron chi connectivity index (χ4n) is 3.38. The first kappa shape index (κ1) is 22.3. The number of nitrogens with zero attached hydrogens (tertiary/aromatic N) is 2. The van der Waals surface area contributed by atoms with Crippen molar-refractivity contribution in [1.82, 2.24) is 20.2 Å². The number of carboxylic acids is 1. The van der Waals surface area contributed by atoms with Crippen molar-refractivity contribution in [2.24, 2.45) is 0 Å². The number of carbonyl (C=O) groups is 4. The monoisotopic (exact) mass is 430 g/mol. The minimum Gasteiger partial charge on any atom is -0.481 e. The molecule has 1 atom stereocenters. The van der Waals surface area contributed by atoms with Gasteiger partial charge in [-0.2, -0.15) is 0 Å². The lowest BCUT2D eigenvalue weighted by Gasteiger charge is -2.18. The van der Waals surface area contributed by atoms with Crippen molar-refractivity contribution in [2.45, 2.75) is 51.1 Å². The second kappa shape index (κ2) is 9.59. The number of ether oxygens (including phenoxy) is 1. The maximum Gasteiger partial charge on any atom is 0.325 e. The summed E-state index contributed by atoms with van der Waals surface area (Å²) in [6.45, 7) is 1.69. The fourth-order valence-corrected chi connectivity index (χ4v) is 3.38. The molecular weight excluding hydrogens is 404 g/mol. The van der Waals surface area contributed by atoms with E-state index in [1.54, 1.807) is 12.1 Å². The molecule has 1 heterocycles. The van der Waals surface area contributed by atoms with E-state index < -0.39 is 17.8 Å². The minimum atomic E-state index is -1.02. The quantitative estimate of drug-likeness (QED) is 0.488. The van der Waals surface area contributed by atoms with Crippen LogP contribution in [0.3, 0.4) is 0 Å². The molecule has 10 heteroatoms. The van der Waals surface area contributed by atoms with Crippen LogP contribution < -0.4 is 10.6 Å². The molecule has 10 nitrogen and oxygen atoms in total. The topological polar surface area (TPSA) is 140 Å². The number of hydrogen-bond donors (Lipinski definition) is 3. The summed E-state index contributed by atoms with van der Waals surface area (Å²) in [7, 11) is 1.25. The summed E-state index contributed by atoms with van der Waals surface area (Å²) < 4.78 is 6.62. The number of nitrogens with one attached hydrogen (secondary N) is 2. The van der Waals surface area contributed by atoms with Gasteiger partial charge in [0.25, 0.3) is 5.91 Å². The molecule has 1 aromatic heterocycles. The lowest BCUT2D eigenvalue weighted by atomic mass is 10.2. The van der Waals surface area contributed by atoms with Crippen molar-refractivity contribution in [3.8, 4) is 0 Å². The molecule has 2 aromatic rings. The molecule has 166 valence electrons. The van der Waals surface area contributed by atoms with Gasteiger partial charge in [0.15, 0.2) is 0 Å². The number of imidazole rings is 1. The number of esters is 1. The van der Waals surface area contributed by atoms with Gasteiger partial charge in [-0.15, -0.1) is 0 Å². The summed E-state index contributed by atoms with van der Waals surface area (Å²) in [5, 5.41) is 14.2. The van der Waals surface area contributed by atoms with Crippen molar-refractivity contribution in [3.63, 3.8) is 0 Å². The third-order valence-electron chi connectivity index (χ3n) is 5.13. The lowest BCUT2D eigenvalue weighted by Crippen LogP contribution is -2.30. The molecule has 1 aromatic carbocycles. The number of methoxy groups -OCH3 is 1. The maximum absolute atomic E-state index is 12.4. The molecule has 0 spiro atoms. The van der Waals surface area contributed by atoms with E-state index in [2.05, 4.69) is 19.9 Å². The van der Waals surface area contributed by atoms with Gasteiger partial charge in [-0.3, -0.25) is 19.2 Å². The number of carboxylic acid groups (broad SMARTS) is 1. The molecule has 0 bridgehead atoms. The minimum absolute atomic E-state index is 0.0972. The Hall–Kier alpha value is -3.43. The van der Waals surface area contributed by atoms with Crippen LogP contribution in [0, 0.1) is 0 Å². The number of amides is 2. The number of hydrogen-bond acceptors (Lipinski definition) is 6. The van der Waals surface area contributed by atoms with Gasteiger partial charge in [0.1, 0.15) is 12.4 Å². The Morgan fingerprint density at radius 2 is 2.00 bits per heavy atom. The Balaban J connectivity index is 1.86. The average molecular weight is 430 g/mol. The van der Waals surface area contributed by atoms with Gasteiger partial charge in [-0.1, -0.05) is 6.92 Å². The highest BCUT2D eigenvalue weighted by Crippen LogP contribution is 2.40. The summed E-state index contributed by atoms with van der Waals surface area (Å²) in [5.74, 6) is -1.63. The van der Waals surface area contributed by atoms with Crippen LogP contribution in [0.15, 0.2) is 18.2 Å². The molecule has 1 aliphatic rings. The van der Waals surface area contributed by atoms with Crippen LogP contribution in [-0.2, 0) is 19.1 Å². The third-order valence-corrected chi connectivity index (χ3v) is 5.13. The lowest BCUT2D eigenvalue weighted by molar-refractivity contribution is -0.139. The zero-order valence-electron chi connectivity index (χ0n) is 17.5. The van der Waals surface area contributed by atoms with Gasteiger partial charge in [-0.05, 0) is 37.5 Å². The molecule has 0 aliphatic heterocycles. The number of fused-ring (bicyclic) bond motifs is 1. The zero-order valence-corrected chi connectivity index (χ0v) is 17.5. The highest BCUT2D eigenvalue weighted by Gasteiger charge is 2.31. The molecular formula is C21H26N4O6. The molecule has 0 radical (unpaired) electrons. The van der Waals surface area contributed by atoms with Crippen LogP contribution in [0.1, 0.15) is 67.3 Å². The first-order chi connectivity index (χ1) is 14.8. The maximum atomic E-state index is 12.4. The van der Waals surface area contributed by atoms with E-state index >= 15 is 0 Å². The van der Waals surface area contributed by atoms with Crippen molar-refractivity contribution in [2.75, 3.05) is 13.7 Å². The summed E-state index contributed by atoms with van der Waals surface area (Å²) in [6, 6.07) is 5.06. The molecule has 1 saturated carbocycles. The van der Waals surface area contributed by atoms with Crippen molar-refractivity contribution < 1.29 is 29.0 Å². The van der Waals surface area contributed by atoms with E-state index in [0.29, 0.717) is 23.3 Å². The second-order valence-electron chi connectivity index (χ2n) is 7.46. The second-order valence-corrected chi connectivity index (χ2v) is 7.46. The van der Waals surface area contributed by atoms with E-state index in [1.165, 1.54) is 7.11 Å². The molecule has 31 heavy (non-hydrogen) atoms. The standard InChI is InChI=1S/C21H26N4O6/c1-3-14(23-17(26)8-9-18(27)28)20-24-15-10-12(21(30)22-11-19(29)31-2)4-7-16(15)25(20)13-5-6-13/h4,7,10,13-14H,3,5-6,8-9,11H2,1-2H3,(H,22,30)(H,23,26)(H,27,28). The summed E-state index contributed by atoms with van der Waals surface area (Å²) in [6.07, 6.45) is 2.26. The zero-order chi connectivity index (χ0) is 22.5. The first-order valence-corrected chi connectivity index (χ1v) is 10.2. The molecule has 2 amide bonds. The average Bonchev–Trinajstić information content (AvgIpc) is 3.53. The van der Waals surface area contributed by atoms with Gasteiger partial charge in [0.05, 0.1) is 30.6 Å². The van der Waals surface area contributed by atoms with Crippen molar-refractivity contribution in [1.29, 1.82) is 0 Å². The molecule has 1 unspecified atom stereocenters. The van der Waals surface area contributed by atoms with Crippen LogP contribution in [0.4, 0.5) is 0 Å². The number of benzene rings is 1. The fraction of sp³-hybridized carbons (Fsp3) is 0.476. The van der Waals surface area contributed by atoms with Crippen LogP contribution in [0.5, 0.6) is 0 Å². The van der Waals surface area contributed by atoms with Crippen LogP contribution in [0.25, 0.3) is 11.0 Å². The number of carbonyl (C=O) groups excluding carboxylic acids is 3. The summed E-state index contributed by atoms with van der Waals surface area (Å²) in [5.41, 5.74) is 1.84. The van der Waals surface area contributed by atoms with Gasteiger partial charge in [0, 0.05) is 18.0 Å². The third kappa shape index (κ3) is 5.39. The molecule has 3 rings (SSSR count). The molecule has 1 fully saturated rings.